The number of hydrogen-bond acceptors (Lipinski definition) is 5. The Morgan fingerprint density at radius 1 is 1.32 bits per heavy atom. The highest BCUT2D eigenvalue weighted by molar-refractivity contribution is 7.19. The number of H-pyrrole nitrogens is 1. The van der Waals surface area contributed by atoms with Crippen molar-refractivity contribution in [1.29, 1.82) is 0 Å². The summed E-state index contributed by atoms with van der Waals surface area (Å²) in [6, 6.07) is 0. The summed E-state index contributed by atoms with van der Waals surface area (Å²) in [6.07, 6.45) is 6.88. The van der Waals surface area contributed by atoms with E-state index in [0.717, 1.165) is 40.6 Å². The minimum atomic E-state index is -1.10. The summed E-state index contributed by atoms with van der Waals surface area (Å²) < 4.78 is 6.01. The van der Waals surface area contributed by atoms with Crippen LogP contribution in [0.4, 0.5) is 0 Å². The van der Waals surface area contributed by atoms with Gasteiger partial charge >= 0.3 is 5.97 Å². The van der Waals surface area contributed by atoms with Gasteiger partial charge in [0.2, 0.25) is 0 Å². The van der Waals surface area contributed by atoms with Crippen LogP contribution in [0, 0.1) is 6.92 Å². The molecule has 28 heavy (non-hydrogen) atoms. The number of carboxylic acid groups (broad SMARTS) is 1. The molecule has 2 N–H and O–H groups in total. The molecule has 0 radical (unpaired) electrons. The van der Waals surface area contributed by atoms with Crippen LogP contribution in [0.25, 0.3) is 21.3 Å². The summed E-state index contributed by atoms with van der Waals surface area (Å²) in [6.45, 7) is 7.48. The summed E-state index contributed by atoms with van der Waals surface area (Å²) in [5, 5.41) is 18.1. The Hall–Kier alpha value is -2.25. The van der Waals surface area contributed by atoms with Crippen LogP contribution in [0.2, 0.25) is 0 Å². The summed E-state index contributed by atoms with van der Waals surface area (Å²) in [5.41, 5.74) is 3.80. The number of aromatic amines is 1. The van der Waals surface area contributed by atoms with Gasteiger partial charge in [0.1, 0.15) is 4.83 Å². The van der Waals surface area contributed by atoms with Crippen molar-refractivity contribution < 1.29 is 14.6 Å². The molecule has 0 aromatic carbocycles. The maximum absolute atomic E-state index is 12.2. The Kier molecular flexibility index (Phi) is 4.75. The normalized spacial score (nSPS) is 15.6. The SMILES string of the molecule is Cc1nc2sc3c(c2c(-c2cn[nH]c2)c1C(OC(C)(C)C)C(=O)O)CCCC3. The van der Waals surface area contributed by atoms with E-state index in [1.807, 2.05) is 33.9 Å². The van der Waals surface area contributed by atoms with E-state index < -0.39 is 17.7 Å². The van der Waals surface area contributed by atoms with Crippen molar-refractivity contribution in [1.82, 2.24) is 15.2 Å². The van der Waals surface area contributed by atoms with Crippen molar-refractivity contribution in [2.45, 2.75) is 65.1 Å². The van der Waals surface area contributed by atoms with Gasteiger partial charge in [0.15, 0.2) is 6.10 Å². The van der Waals surface area contributed by atoms with Crippen molar-refractivity contribution in [3.05, 3.63) is 34.1 Å². The number of aliphatic carboxylic acids is 1. The lowest BCUT2D eigenvalue weighted by Gasteiger charge is -2.27. The zero-order chi connectivity index (χ0) is 20.1. The summed E-state index contributed by atoms with van der Waals surface area (Å²) >= 11 is 1.74. The molecule has 0 saturated heterocycles. The highest BCUT2D eigenvalue weighted by Gasteiger charge is 2.34. The maximum atomic E-state index is 12.2. The van der Waals surface area contributed by atoms with Gasteiger partial charge in [0.25, 0.3) is 0 Å². The van der Waals surface area contributed by atoms with E-state index >= 15 is 0 Å². The number of hydrogen-bond donors (Lipinski definition) is 2. The van der Waals surface area contributed by atoms with Gasteiger partial charge in [0.05, 0.1) is 11.8 Å². The molecule has 3 aromatic rings. The fourth-order valence-corrected chi connectivity index (χ4v) is 5.33. The molecular weight excluding hydrogens is 374 g/mol. The van der Waals surface area contributed by atoms with Crippen LogP contribution < -0.4 is 0 Å². The number of fused-ring (bicyclic) bond motifs is 3. The monoisotopic (exact) mass is 399 g/mol. The molecule has 7 heteroatoms. The highest BCUT2D eigenvalue weighted by atomic mass is 32.1. The van der Waals surface area contributed by atoms with Crippen LogP contribution in [0.5, 0.6) is 0 Å². The van der Waals surface area contributed by atoms with E-state index in [4.69, 9.17) is 9.72 Å². The fraction of sp³-hybridized carbons (Fsp3) is 0.476. The quantitative estimate of drug-likeness (QED) is 0.657. The number of carboxylic acids is 1. The van der Waals surface area contributed by atoms with E-state index in [1.54, 1.807) is 17.5 Å². The summed E-state index contributed by atoms with van der Waals surface area (Å²) in [4.78, 5) is 19.4. The predicted molar refractivity (Wildman–Crippen MR) is 110 cm³/mol. The molecular formula is C21H25N3O3S. The number of nitrogens with zero attached hydrogens (tertiary/aromatic N) is 2. The summed E-state index contributed by atoms with van der Waals surface area (Å²) in [5.74, 6) is -1.01. The van der Waals surface area contributed by atoms with Gasteiger partial charge in [-0.2, -0.15) is 5.10 Å². The topological polar surface area (TPSA) is 88.1 Å². The van der Waals surface area contributed by atoms with Crippen LogP contribution >= 0.6 is 11.3 Å². The van der Waals surface area contributed by atoms with Crippen molar-refractivity contribution in [3.8, 4) is 11.1 Å². The number of pyridine rings is 1. The maximum Gasteiger partial charge on any atom is 0.337 e. The van der Waals surface area contributed by atoms with Crippen LogP contribution in [-0.4, -0.2) is 31.9 Å². The molecule has 148 valence electrons. The molecule has 4 rings (SSSR count). The van der Waals surface area contributed by atoms with Gasteiger partial charge in [0, 0.05) is 38.8 Å². The van der Waals surface area contributed by atoms with Gasteiger partial charge < -0.3 is 9.84 Å². The number of nitrogens with one attached hydrogen (secondary N) is 1. The number of aryl methyl sites for hydroxylation is 3. The second-order valence-electron chi connectivity index (χ2n) is 8.31. The summed E-state index contributed by atoms with van der Waals surface area (Å²) in [7, 11) is 0. The molecule has 1 aliphatic carbocycles. The second-order valence-corrected chi connectivity index (χ2v) is 9.40. The molecule has 0 bridgehead atoms. The Bertz CT molecular complexity index is 1030. The molecule has 0 amide bonds. The molecule has 3 aromatic heterocycles. The first-order valence-corrected chi connectivity index (χ1v) is 10.4. The van der Waals surface area contributed by atoms with Gasteiger partial charge in [-0.25, -0.2) is 9.78 Å². The van der Waals surface area contributed by atoms with Gasteiger partial charge in [-0.1, -0.05) is 0 Å². The van der Waals surface area contributed by atoms with Crippen LogP contribution in [0.15, 0.2) is 12.4 Å². The zero-order valence-corrected chi connectivity index (χ0v) is 17.4. The standard InChI is InChI=1S/C21H25N3O3S/c1-11-15(18(20(25)26)27-21(2,3)4)16(12-9-22-23-10-12)17-13-7-5-6-8-14(13)28-19(17)24-11/h9-10,18H,5-8H2,1-4H3,(H,22,23)(H,25,26). The molecule has 0 spiro atoms. The third kappa shape index (κ3) is 3.33. The number of rotatable bonds is 4. The third-order valence-corrected chi connectivity index (χ3v) is 6.26. The van der Waals surface area contributed by atoms with Crippen LogP contribution in [0.3, 0.4) is 0 Å². The fourth-order valence-electron chi connectivity index (χ4n) is 4.01. The zero-order valence-electron chi connectivity index (χ0n) is 16.6. The Balaban J connectivity index is 2.06. The number of aromatic nitrogens is 3. The number of thiophene rings is 1. The lowest BCUT2D eigenvalue weighted by Crippen LogP contribution is -2.28. The van der Waals surface area contributed by atoms with Crippen molar-refractivity contribution in [2.24, 2.45) is 0 Å². The van der Waals surface area contributed by atoms with Crippen molar-refractivity contribution in [3.63, 3.8) is 0 Å². The van der Waals surface area contributed by atoms with Gasteiger partial charge in [-0.3, -0.25) is 5.10 Å². The van der Waals surface area contributed by atoms with Gasteiger partial charge in [-0.15, -0.1) is 11.3 Å². The Morgan fingerprint density at radius 2 is 2.07 bits per heavy atom. The molecule has 1 aliphatic rings. The molecule has 0 fully saturated rings. The minimum absolute atomic E-state index is 0.605. The predicted octanol–water partition coefficient (Wildman–Crippen LogP) is 4.81. The van der Waals surface area contributed by atoms with Gasteiger partial charge in [-0.05, 0) is 58.9 Å². The molecule has 0 aliphatic heterocycles. The Morgan fingerprint density at radius 3 is 2.71 bits per heavy atom. The van der Waals surface area contributed by atoms with Crippen LogP contribution in [0.1, 0.15) is 61.4 Å². The molecule has 0 saturated carbocycles. The lowest BCUT2D eigenvalue weighted by atomic mass is 9.89. The largest absolute Gasteiger partial charge is 0.479 e. The van der Waals surface area contributed by atoms with E-state index in [1.165, 1.54) is 16.9 Å². The lowest BCUT2D eigenvalue weighted by molar-refractivity contribution is -0.160. The third-order valence-electron chi connectivity index (χ3n) is 5.08. The van der Waals surface area contributed by atoms with Crippen molar-refractivity contribution in [2.75, 3.05) is 0 Å². The highest BCUT2D eigenvalue weighted by Crippen LogP contribution is 2.45. The molecule has 1 atom stereocenters. The Labute approximate surface area is 168 Å². The average molecular weight is 400 g/mol. The van der Waals surface area contributed by atoms with E-state index in [9.17, 15) is 9.90 Å². The van der Waals surface area contributed by atoms with E-state index in [-0.39, 0.29) is 0 Å². The van der Waals surface area contributed by atoms with E-state index in [0.29, 0.717) is 11.3 Å². The smallest absolute Gasteiger partial charge is 0.337 e. The minimum Gasteiger partial charge on any atom is -0.479 e. The first-order chi connectivity index (χ1) is 13.3. The first kappa shape index (κ1) is 19.1. The number of ether oxygens (including phenoxy) is 1. The molecule has 3 heterocycles. The average Bonchev–Trinajstić information content (AvgIpc) is 3.25. The first-order valence-electron chi connectivity index (χ1n) is 9.61. The second kappa shape index (κ2) is 6.97. The molecule has 6 nitrogen and oxygen atoms in total. The molecule has 1 unspecified atom stereocenters. The van der Waals surface area contributed by atoms with E-state index in [2.05, 4.69) is 10.2 Å². The van der Waals surface area contributed by atoms with Crippen LogP contribution in [-0.2, 0) is 22.4 Å². The van der Waals surface area contributed by atoms with Crippen molar-refractivity contribution >= 4 is 27.5 Å². The number of carbonyl (C=O) groups is 1.